The molecule has 0 nitrogen and oxygen atoms in total. The minimum atomic E-state index is 0. The van der Waals surface area contributed by atoms with E-state index in [-0.39, 0.29) is 38.4 Å². The Kier molecular flexibility index (Phi) is 22.4. The van der Waals surface area contributed by atoms with Gasteiger partial charge in [-0.1, -0.05) is 0 Å². The van der Waals surface area contributed by atoms with Gasteiger partial charge in [-0.3, -0.25) is 0 Å². The summed E-state index contributed by atoms with van der Waals surface area (Å²) in [6.45, 7) is 2.75. The second kappa shape index (κ2) is 9.15. The molecule has 0 aliphatic heterocycles. The van der Waals surface area contributed by atoms with E-state index < -0.39 is 0 Å². The summed E-state index contributed by atoms with van der Waals surface area (Å²) in [6, 6.07) is 0. The number of hydrogen-bond acceptors (Lipinski definition) is 0. The zero-order valence-electron chi connectivity index (χ0n) is 1.89. The molecule has 0 aliphatic rings. The van der Waals surface area contributed by atoms with E-state index in [9.17, 15) is 0 Å². The molecule has 0 aromatic heterocycles. The SMILES string of the molecule is [PH2][Sn][Mo].[W]. The van der Waals surface area contributed by atoms with Crippen LogP contribution in [0.1, 0.15) is 0 Å². The van der Waals surface area contributed by atoms with Gasteiger partial charge in [0.1, 0.15) is 0 Å². The van der Waals surface area contributed by atoms with Gasteiger partial charge in [0.05, 0.1) is 0 Å². The zero-order valence-corrected chi connectivity index (χ0v) is 10.8. The maximum atomic E-state index is 2.75. The Balaban J connectivity index is 0. The van der Waals surface area contributed by atoms with Crippen LogP contribution < -0.4 is 0 Å². The topological polar surface area (TPSA) is 0 Å². The van der Waals surface area contributed by atoms with Gasteiger partial charge in [0, 0.05) is 21.1 Å². The summed E-state index contributed by atoms with van der Waals surface area (Å²) in [7, 11) is 0. The largest absolute Gasteiger partial charge is 0 e. The molecule has 0 rings (SSSR count). The molecule has 0 aromatic rings. The first-order valence-corrected chi connectivity index (χ1v) is 13.9. The molecule has 4 heteroatoms. The van der Waals surface area contributed by atoms with E-state index in [1.54, 1.807) is 0 Å². The fourth-order valence-electron chi connectivity index (χ4n) is 0. The van der Waals surface area contributed by atoms with Gasteiger partial charge in [-0.25, -0.2) is 0 Å². The molecule has 0 saturated heterocycles. The first-order valence-electron chi connectivity index (χ1n) is 0.493. The summed E-state index contributed by atoms with van der Waals surface area (Å²) >= 11 is 2.36. The third-order valence-corrected chi connectivity index (χ3v) is 0. The quantitative estimate of drug-likeness (QED) is 0.373. The summed E-state index contributed by atoms with van der Waals surface area (Å²) in [6.07, 6.45) is 0. The van der Waals surface area contributed by atoms with E-state index in [4.69, 9.17) is 0 Å². The second-order valence-electron chi connectivity index (χ2n) is 0.118. The summed E-state index contributed by atoms with van der Waals surface area (Å²) in [5.74, 6) is 0. The van der Waals surface area contributed by atoms with Crippen LogP contribution in [0.3, 0.4) is 0 Å². The van der Waals surface area contributed by atoms with Gasteiger partial charge in [-0.05, 0) is 0 Å². The molecule has 1 unspecified atom stereocenters. The minimum absolute atomic E-state index is 0. The molecule has 0 bridgehead atoms. The van der Waals surface area contributed by atoms with Crippen LogP contribution in [0.2, 0.25) is 0 Å². The van der Waals surface area contributed by atoms with Crippen molar-refractivity contribution in [1.82, 2.24) is 0 Å². The first-order chi connectivity index (χ1) is 1.41. The zero-order chi connectivity index (χ0) is 2.71. The number of hydrogen-bond donors (Lipinski definition) is 0. The van der Waals surface area contributed by atoms with Crippen molar-refractivity contribution < 1.29 is 37.2 Å². The van der Waals surface area contributed by atoms with Crippen molar-refractivity contribution in [2.75, 3.05) is 0 Å². The molecule has 1 atom stereocenters. The molecule has 0 spiro atoms. The molecule has 4 heavy (non-hydrogen) atoms. The Bertz CT molecular complexity index is 8.00. The van der Waals surface area contributed by atoms with Gasteiger partial charge >= 0.3 is 40.4 Å². The molecule has 0 aliphatic carbocycles. The molecule has 0 heterocycles. The monoisotopic (exact) mass is 435 g/mol. The molecule has 0 N–H and O–H groups in total. The van der Waals surface area contributed by atoms with Gasteiger partial charge < -0.3 is 0 Å². The van der Waals surface area contributed by atoms with Crippen LogP contribution in [0.25, 0.3) is 0 Å². The molecule has 2 radical (unpaired) electrons. The van der Waals surface area contributed by atoms with Gasteiger partial charge in [-0.2, -0.15) is 0 Å². The normalized spacial score (nSPS) is 4.25. The average Bonchev–Trinajstić information content (AvgIpc) is 0.918. The maximum Gasteiger partial charge on any atom is 0 e. The van der Waals surface area contributed by atoms with E-state index in [1.165, 1.54) is 0 Å². The van der Waals surface area contributed by atoms with E-state index in [0.717, 1.165) is 0 Å². The Morgan fingerprint density at radius 2 is 1.75 bits per heavy atom. The van der Waals surface area contributed by atoms with Crippen LogP contribution in [-0.4, -0.2) is 17.4 Å². The van der Waals surface area contributed by atoms with Gasteiger partial charge in [0.2, 0.25) is 0 Å². The summed E-state index contributed by atoms with van der Waals surface area (Å²) in [5, 5.41) is 0. The van der Waals surface area contributed by atoms with Crippen molar-refractivity contribution in [2.24, 2.45) is 0 Å². The van der Waals surface area contributed by atoms with Crippen LogP contribution in [0.5, 0.6) is 0 Å². The second-order valence-corrected chi connectivity index (χ2v) is 14.0. The molecular weight excluding hydrogens is 429 g/mol. The molecule has 23 valence electrons. The summed E-state index contributed by atoms with van der Waals surface area (Å²) in [5.41, 5.74) is 0. The summed E-state index contributed by atoms with van der Waals surface area (Å²) < 4.78 is 0. The van der Waals surface area contributed by atoms with Crippen LogP contribution in [0.4, 0.5) is 0 Å². The van der Waals surface area contributed by atoms with Crippen molar-refractivity contribution in [3.05, 3.63) is 0 Å². The predicted molar refractivity (Wildman–Crippen MR) is 15.5 cm³/mol. The molecule has 0 amide bonds. The minimum Gasteiger partial charge on any atom is 0 e. The molecular formula is H2MoPSnW. The summed E-state index contributed by atoms with van der Waals surface area (Å²) in [4.78, 5) is 0. The molecule has 0 saturated carbocycles. The fraction of sp³-hybridized carbons (Fsp3) is 0. The van der Waals surface area contributed by atoms with Gasteiger partial charge in [-0.15, -0.1) is 0 Å². The van der Waals surface area contributed by atoms with E-state index >= 15 is 0 Å². The van der Waals surface area contributed by atoms with Crippen LogP contribution in [-0.2, 0) is 37.2 Å². The molecule has 0 fully saturated rings. The van der Waals surface area contributed by atoms with Crippen LogP contribution in [0, 0.1) is 0 Å². The smallest absolute Gasteiger partial charge is 0 e. The Hall–Kier alpha value is 2.61. The Labute approximate surface area is 60.5 Å². The van der Waals surface area contributed by atoms with E-state index in [0.29, 0.717) is 0 Å². The van der Waals surface area contributed by atoms with Gasteiger partial charge in [0.25, 0.3) is 0 Å². The fourth-order valence-corrected chi connectivity index (χ4v) is 0. The van der Waals surface area contributed by atoms with Gasteiger partial charge in [0.15, 0.2) is 0 Å². The Morgan fingerprint density at radius 3 is 1.75 bits per heavy atom. The van der Waals surface area contributed by atoms with Crippen LogP contribution >= 0.6 is 6.89 Å². The van der Waals surface area contributed by atoms with Crippen molar-refractivity contribution in [2.45, 2.75) is 0 Å². The molecule has 0 aromatic carbocycles. The standard InChI is InChI=1S/Mo.H2P.Sn.W/h;1H2;;/q;-1;+1;. The Morgan fingerprint density at radius 1 is 1.75 bits per heavy atom. The van der Waals surface area contributed by atoms with Crippen molar-refractivity contribution >= 4 is 24.3 Å². The third-order valence-electron chi connectivity index (χ3n) is 0. The first kappa shape index (κ1) is 9.79. The number of rotatable bonds is 0. The maximum absolute atomic E-state index is 2.75. The van der Waals surface area contributed by atoms with E-state index in [1.807, 2.05) is 0 Å². The predicted octanol–water partition coefficient (Wildman–Crippen LogP) is -0.0600. The average molecular weight is 431 g/mol. The van der Waals surface area contributed by atoms with Crippen LogP contribution in [0.15, 0.2) is 0 Å². The van der Waals surface area contributed by atoms with E-state index in [2.05, 4.69) is 23.0 Å². The third kappa shape index (κ3) is 8.82. The van der Waals surface area contributed by atoms with Crippen molar-refractivity contribution in [3.8, 4) is 0 Å². The van der Waals surface area contributed by atoms with Crippen molar-refractivity contribution in [3.63, 3.8) is 0 Å². The van der Waals surface area contributed by atoms with Crippen molar-refractivity contribution in [1.29, 1.82) is 0 Å².